The van der Waals surface area contributed by atoms with Gasteiger partial charge in [0.05, 0.1) is 36.1 Å². The first-order valence-corrected chi connectivity index (χ1v) is 6.15. The van der Waals surface area contributed by atoms with E-state index in [2.05, 4.69) is 10.6 Å². The first kappa shape index (κ1) is 15.3. The summed E-state index contributed by atoms with van der Waals surface area (Å²) in [5, 5.41) is 13.7. The van der Waals surface area contributed by atoms with Gasteiger partial charge >= 0.3 is 6.18 Å². The molecular formula is C13H12F3N3O2. The fourth-order valence-electron chi connectivity index (χ4n) is 1.91. The van der Waals surface area contributed by atoms with Gasteiger partial charge in [-0.1, -0.05) is 0 Å². The number of hydrogen-bond donors (Lipinski definition) is 2. The van der Waals surface area contributed by atoms with Gasteiger partial charge in [0.15, 0.2) is 0 Å². The molecule has 1 aromatic rings. The van der Waals surface area contributed by atoms with Crippen molar-refractivity contribution in [2.24, 2.45) is 0 Å². The maximum absolute atomic E-state index is 13.0. The molecule has 0 bridgehead atoms. The summed E-state index contributed by atoms with van der Waals surface area (Å²) in [4.78, 5) is 11.9. The highest BCUT2D eigenvalue weighted by Crippen LogP contribution is 2.35. The minimum atomic E-state index is -4.66. The van der Waals surface area contributed by atoms with E-state index in [9.17, 15) is 18.0 Å². The summed E-state index contributed by atoms with van der Waals surface area (Å²) in [6.07, 6.45) is -4.66. The largest absolute Gasteiger partial charge is 0.418 e. The van der Waals surface area contributed by atoms with Crippen LogP contribution in [0.25, 0.3) is 0 Å². The molecule has 1 atom stereocenters. The Balaban J connectivity index is 2.23. The third-order valence-electron chi connectivity index (χ3n) is 2.95. The van der Waals surface area contributed by atoms with Crippen LogP contribution < -0.4 is 10.6 Å². The molecule has 21 heavy (non-hydrogen) atoms. The number of morpholine rings is 1. The van der Waals surface area contributed by atoms with E-state index >= 15 is 0 Å². The van der Waals surface area contributed by atoms with Gasteiger partial charge in [0.25, 0.3) is 0 Å². The lowest BCUT2D eigenvalue weighted by Gasteiger charge is -2.23. The monoisotopic (exact) mass is 299 g/mol. The molecular weight excluding hydrogens is 287 g/mol. The summed E-state index contributed by atoms with van der Waals surface area (Å²) in [6.45, 7) is 1.01. The SMILES string of the molecule is N#Cc1ccc(NC(=O)C2COCCN2)c(C(F)(F)F)c1. The Labute approximate surface area is 118 Å². The Morgan fingerprint density at radius 3 is 2.81 bits per heavy atom. The highest BCUT2D eigenvalue weighted by atomic mass is 19.4. The summed E-state index contributed by atoms with van der Waals surface area (Å²) in [5.74, 6) is -0.607. The molecule has 5 nitrogen and oxygen atoms in total. The minimum Gasteiger partial charge on any atom is -0.378 e. The molecule has 112 valence electrons. The van der Waals surface area contributed by atoms with E-state index in [4.69, 9.17) is 10.00 Å². The second-order valence-electron chi connectivity index (χ2n) is 4.44. The molecule has 0 radical (unpaired) electrons. The number of carbonyl (C=O) groups is 1. The van der Waals surface area contributed by atoms with Gasteiger partial charge in [-0.25, -0.2) is 0 Å². The molecule has 1 heterocycles. The van der Waals surface area contributed by atoms with Crippen molar-refractivity contribution in [3.05, 3.63) is 29.3 Å². The van der Waals surface area contributed by atoms with Crippen LogP contribution in [0, 0.1) is 11.3 Å². The van der Waals surface area contributed by atoms with Crippen LogP contribution in [0.5, 0.6) is 0 Å². The van der Waals surface area contributed by atoms with Gasteiger partial charge in [-0.15, -0.1) is 0 Å². The quantitative estimate of drug-likeness (QED) is 0.868. The number of anilines is 1. The van der Waals surface area contributed by atoms with E-state index < -0.39 is 23.7 Å². The molecule has 1 fully saturated rings. The summed E-state index contributed by atoms with van der Waals surface area (Å²) >= 11 is 0. The van der Waals surface area contributed by atoms with Gasteiger partial charge < -0.3 is 15.4 Å². The lowest BCUT2D eigenvalue weighted by Crippen LogP contribution is -2.49. The first-order chi connectivity index (χ1) is 9.91. The summed E-state index contributed by atoms with van der Waals surface area (Å²) in [6, 6.07) is 3.94. The number of amides is 1. The number of nitriles is 1. The van der Waals surface area contributed by atoms with Crippen molar-refractivity contribution in [2.45, 2.75) is 12.2 Å². The zero-order valence-corrected chi connectivity index (χ0v) is 10.8. The van der Waals surface area contributed by atoms with Crippen molar-refractivity contribution in [2.75, 3.05) is 25.1 Å². The summed E-state index contributed by atoms with van der Waals surface area (Å²) in [7, 11) is 0. The first-order valence-electron chi connectivity index (χ1n) is 6.15. The topological polar surface area (TPSA) is 74.2 Å². The predicted octanol–water partition coefficient (Wildman–Crippen LogP) is 1.50. The molecule has 1 saturated heterocycles. The summed E-state index contributed by atoms with van der Waals surface area (Å²) in [5.41, 5.74) is -1.55. The average molecular weight is 299 g/mol. The normalized spacial score (nSPS) is 18.9. The fourth-order valence-corrected chi connectivity index (χ4v) is 1.91. The third kappa shape index (κ3) is 3.71. The van der Waals surface area contributed by atoms with Crippen LogP contribution in [0.1, 0.15) is 11.1 Å². The molecule has 1 aliphatic rings. The molecule has 1 unspecified atom stereocenters. The van der Waals surface area contributed by atoms with Crippen molar-refractivity contribution in [3.63, 3.8) is 0 Å². The average Bonchev–Trinajstić information content (AvgIpc) is 2.47. The van der Waals surface area contributed by atoms with Gasteiger partial charge in [0, 0.05) is 6.54 Å². The fraction of sp³-hybridized carbons (Fsp3) is 0.385. The van der Waals surface area contributed by atoms with Gasteiger partial charge in [0.1, 0.15) is 6.04 Å². The molecule has 0 aromatic heterocycles. The zero-order chi connectivity index (χ0) is 15.5. The van der Waals surface area contributed by atoms with Crippen molar-refractivity contribution in [3.8, 4) is 6.07 Å². The Morgan fingerprint density at radius 1 is 1.48 bits per heavy atom. The maximum Gasteiger partial charge on any atom is 0.418 e. The van der Waals surface area contributed by atoms with Crippen LogP contribution in [-0.2, 0) is 15.7 Å². The molecule has 1 amide bonds. The Hall–Kier alpha value is -2.11. The van der Waals surface area contributed by atoms with E-state index in [1.807, 2.05) is 0 Å². The van der Waals surface area contributed by atoms with E-state index in [0.29, 0.717) is 19.2 Å². The van der Waals surface area contributed by atoms with Gasteiger partial charge in [-0.3, -0.25) is 4.79 Å². The number of carbonyl (C=O) groups excluding carboxylic acids is 1. The van der Waals surface area contributed by atoms with Gasteiger partial charge in [-0.05, 0) is 18.2 Å². The highest BCUT2D eigenvalue weighted by molar-refractivity contribution is 5.95. The van der Waals surface area contributed by atoms with E-state index in [0.717, 1.165) is 6.07 Å². The molecule has 1 aliphatic heterocycles. The lowest BCUT2D eigenvalue weighted by atomic mass is 10.1. The number of nitrogens with one attached hydrogen (secondary N) is 2. The minimum absolute atomic E-state index is 0.101. The number of alkyl halides is 3. The third-order valence-corrected chi connectivity index (χ3v) is 2.95. The maximum atomic E-state index is 13.0. The Morgan fingerprint density at radius 2 is 2.24 bits per heavy atom. The van der Waals surface area contributed by atoms with E-state index in [1.54, 1.807) is 6.07 Å². The number of halogens is 3. The van der Waals surface area contributed by atoms with Crippen LogP contribution >= 0.6 is 0 Å². The number of hydrogen-bond acceptors (Lipinski definition) is 4. The van der Waals surface area contributed by atoms with Gasteiger partial charge in [0.2, 0.25) is 5.91 Å². The zero-order valence-electron chi connectivity index (χ0n) is 10.8. The Kier molecular flexibility index (Phi) is 4.45. The lowest BCUT2D eigenvalue weighted by molar-refractivity contribution is -0.137. The van der Waals surface area contributed by atoms with Crippen molar-refractivity contribution >= 4 is 11.6 Å². The highest BCUT2D eigenvalue weighted by Gasteiger charge is 2.35. The molecule has 1 aromatic carbocycles. The van der Waals surface area contributed by atoms with Crippen LogP contribution in [0.3, 0.4) is 0 Å². The number of benzene rings is 1. The van der Waals surface area contributed by atoms with Crippen LogP contribution in [0.4, 0.5) is 18.9 Å². The van der Waals surface area contributed by atoms with Crippen molar-refractivity contribution in [1.29, 1.82) is 5.26 Å². The van der Waals surface area contributed by atoms with Crippen LogP contribution in [0.15, 0.2) is 18.2 Å². The standard InChI is InChI=1S/C13H12F3N3O2/c14-13(15,16)9-5-8(6-17)1-2-10(9)19-12(20)11-7-21-4-3-18-11/h1-2,5,11,18H,3-4,7H2,(H,19,20). The molecule has 0 saturated carbocycles. The molecule has 2 rings (SSSR count). The van der Waals surface area contributed by atoms with E-state index in [-0.39, 0.29) is 17.9 Å². The number of rotatable bonds is 2. The molecule has 0 aliphatic carbocycles. The summed E-state index contributed by atoms with van der Waals surface area (Å²) < 4.78 is 44.0. The molecule has 0 spiro atoms. The Bertz CT molecular complexity index is 575. The molecule has 8 heteroatoms. The van der Waals surface area contributed by atoms with E-state index in [1.165, 1.54) is 6.07 Å². The second-order valence-corrected chi connectivity index (χ2v) is 4.44. The predicted molar refractivity (Wildman–Crippen MR) is 67.4 cm³/mol. The smallest absolute Gasteiger partial charge is 0.378 e. The number of ether oxygens (including phenoxy) is 1. The number of nitrogens with zero attached hydrogens (tertiary/aromatic N) is 1. The van der Waals surface area contributed by atoms with Gasteiger partial charge in [-0.2, -0.15) is 18.4 Å². The molecule has 2 N–H and O–H groups in total. The van der Waals surface area contributed by atoms with Crippen molar-refractivity contribution < 1.29 is 22.7 Å². The van der Waals surface area contributed by atoms with Crippen molar-refractivity contribution in [1.82, 2.24) is 5.32 Å². The van der Waals surface area contributed by atoms with Crippen LogP contribution in [0.2, 0.25) is 0 Å². The van der Waals surface area contributed by atoms with Crippen LogP contribution in [-0.4, -0.2) is 31.7 Å². The second kappa shape index (κ2) is 6.11.